The first-order valence-electron chi connectivity index (χ1n) is 7.17. The summed E-state index contributed by atoms with van der Waals surface area (Å²) in [5, 5.41) is 18.4. The van der Waals surface area contributed by atoms with Crippen molar-refractivity contribution >= 4 is 28.6 Å². The van der Waals surface area contributed by atoms with E-state index < -0.39 is 34.8 Å². The third-order valence-electron chi connectivity index (χ3n) is 3.48. The van der Waals surface area contributed by atoms with Gasteiger partial charge in [-0.05, 0) is 44.8 Å². The van der Waals surface area contributed by atoms with E-state index in [1.165, 1.54) is 25.1 Å². The molecule has 0 radical (unpaired) electrons. The van der Waals surface area contributed by atoms with E-state index in [2.05, 4.69) is 0 Å². The minimum atomic E-state index is -3.89. The van der Waals surface area contributed by atoms with Crippen LogP contribution in [0.5, 0.6) is 0 Å². The molecule has 9 heteroatoms. The Labute approximate surface area is 136 Å². The molecular weight excluding hydrogens is 321 g/mol. The van der Waals surface area contributed by atoms with Crippen molar-refractivity contribution in [1.29, 1.82) is 0 Å². The van der Waals surface area contributed by atoms with E-state index in [9.17, 15) is 23.3 Å². The summed E-state index contributed by atoms with van der Waals surface area (Å²) in [5.41, 5.74) is -0.126. The summed E-state index contributed by atoms with van der Waals surface area (Å²) in [6.07, 6.45) is 0. The first kappa shape index (κ1) is 17.9. The van der Waals surface area contributed by atoms with Crippen LogP contribution >= 0.6 is 0 Å². The van der Waals surface area contributed by atoms with Gasteiger partial charge in [0.05, 0.1) is 4.90 Å². The molecule has 1 heterocycles. The van der Waals surface area contributed by atoms with E-state index in [1.807, 2.05) is 0 Å². The topological polar surface area (TPSA) is 104 Å². The number of benzene rings is 1. The Morgan fingerprint density at radius 3 is 2.48 bits per heavy atom. The van der Waals surface area contributed by atoms with Gasteiger partial charge in [0, 0.05) is 6.54 Å². The van der Waals surface area contributed by atoms with E-state index in [0.717, 1.165) is 4.31 Å². The number of hydrogen-bond acceptors (Lipinski definition) is 6. The first-order valence-corrected chi connectivity index (χ1v) is 8.61. The van der Waals surface area contributed by atoms with E-state index in [-0.39, 0.29) is 16.9 Å². The number of ether oxygens (including phenoxy) is 1. The lowest BCUT2D eigenvalue weighted by atomic mass is 9.80. The van der Waals surface area contributed by atoms with E-state index in [0.29, 0.717) is 5.56 Å². The normalized spacial score (nSPS) is 18.3. The highest BCUT2D eigenvalue weighted by molar-refractivity contribution is 7.89. The molecule has 0 aromatic heterocycles. The molecule has 1 atom stereocenters. The van der Waals surface area contributed by atoms with Crippen molar-refractivity contribution in [2.75, 3.05) is 0 Å². The van der Waals surface area contributed by atoms with E-state index in [1.54, 1.807) is 20.8 Å². The number of hydrogen-bond donors (Lipinski definition) is 2. The van der Waals surface area contributed by atoms with Gasteiger partial charge >= 0.3 is 13.1 Å². The lowest BCUT2D eigenvalue weighted by Crippen LogP contribution is -2.42. The molecule has 7 nitrogen and oxygen atoms in total. The quantitative estimate of drug-likeness (QED) is 0.573. The molecule has 2 rings (SSSR count). The summed E-state index contributed by atoms with van der Waals surface area (Å²) in [4.78, 5) is 12.1. The molecule has 1 aliphatic rings. The second-order valence-electron chi connectivity index (χ2n) is 6.50. The Hall–Kier alpha value is -1.42. The average molecular weight is 341 g/mol. The maximum Gasteiger partial charge on any atom is 0.488 e. The zero-order valence-electron chi connectivity index (χ0n) is 13.5. The Balaban J connectivity index is 2.32. The second kappa shape index (κ2) is 5.90. The van der Waals surface area contributed by atoms with Crippen LogP contribution in [0.25, 0.3) is 0 Å². The van der Waals surface area contributed by atoms with Crippen molar-refractivity contribution in [2.24, 2.45) is 0 Å². The Bertz CT molecular complexity index is 725. The molecule has 1 aromatic carbocycles. The standard InChI is InChI=1S/C14H20BNO6S/c1-9(13(17)22-14(2,3)4)16-8-10-5-6-11(15(18)19)7-12(10)23(16,20)21/h5-7,9,18-19H,8H2,1-4H3. The third kappa shape index (κ3) is 3.58. The molecule has 1 aliphatic heterocycles. The fourth-order valence-electron chi connectivity index (χ4n) is 2.33. The molecule has 0 aliphatic carbocycles. The van der Waals surface area contributed by atoms with Gasteiger partial charge in [-0.15, -0.1) is 0 Å². The van der Waals surface area contributed by atoms with Crippen LogP contribution in [0, 0.1) is 0 Å². The van der Waals surface area contributed by atoms with Crippen molar-refractivity contribution in [3.63, 3.8) is 0 Å². The van der Waals surface area contributed by atoms with Gasteiger partial charge in [0.25, 0.3) is 0 Å². The van der Waals surface area contributed by atoms with Gasteiger partial charge in [-0.25, -0.2) is 8.42 Å². The number of nitrogens with zero attached hydrogens (tertiary/aromatic N) is 1. The minimum Gasteiger partial charge on any atom is -0.459 e. The number of fused-ring (bicyclic) bond motifs is 1. The summed E-state index contributed by atoms with van der Waals surface area (Å²) < 4.78 is 31.5. The molecule has 2 N–H and O–H groups in total. The number of rotatable bonds is 3. The SMILES string of the molecule is CC(C(=O)OC(C)(C)C)N1Cc2ccc(B(O)O)cc2S1(=O)=O. The maximum atomic E-state index is 12.6. The van der Waals surface area contributed by atoms with Crippen molar-refractivity contribution in [1.82, 2.24) is 4.31 Å². The first-order chi connectivity index (χ1) is 10.4. The molecule has 0 bridgehead atoms. The minimum absolute atomic E-state index is 0.0153. The van der Waals surface area contributed by atoms with Gasteiger partial charge in [0.15, 0.2) is 0 Å². The largest absolute Gasteiger partial charge is 0.488 e. The number of carbonyl (C=O) groups excluding carboxylic acids is 1. The molecule has 0 saturated heterocycles. The number of esters is 1. The maximum absolute atomic E-state index is 12.6. The van der Waals surface area contributed by atoms with E-state index in [4.69, 9.17) is 4.74 Å². The summed E-state index contributed by atoms with van der Waals surface area (Å²) in [5.74, 6) is -0.628. The molecular formula is C14H20BNO6S. The van der Waals surface area contributed by atoms with Crippen LogP contribution < -0.4 is 5.46 Å². The van der Waals surface area contributed by atoms with Crippen LogP contribution in [0.4, 0.5) is 0 Å². The van der Waals surface area contributed by atoms with E-state index >= 15 is 0 Å². The van der Waals surface area contributed by atoms with Gasteiger partial charge in [-0.3, -0.25) is 4.79 Å². The zero-order valence-corrected chi connectivity index (χ0v) is 14.3. The van der Waals surface area contributed by atoms with Gasteiger partial charge in [-0.1, -0.05) is 12.1 Å². The van der Waals surface area contributed by atoms with Crippen LogP contribution in [-0.2, 0) is 26.1 Å². The zero-order chi connectivity index (χ0) is 17.6. The third-order valence-corrected chi connectivity index (χ3v) is 5.48. The number of carbonyl (C=O) groups is 1. The second-order valence-corrected chi connectivity index (χ2v) is 8.36. The van der Waals surface area contributed by atoms with Crippen LogP contribution in [-0.4, -0.2) is 47.5 Å². The Kier molecular flexibility index (Phi) is 4.60. The molecule has 0 saturated carbocycles. The summed E-state index contributed by atoms with van der Waals surface area (Å²) in [6.45, 7) is 6.64. The van der Waals surface area contributed by atoms with Crippen molar-refractivity contribution in [3.8, 4) is 0 Å². The fraction of sp³-hybridized carbons (Fsp3) is 0.500. The van der Waals surface area contributed by atoms with Gasteiger partial charge < -0.3 is 14.8 Å². The van der Waals surface area contributed by atoms with Crippen molar-refractivity contribution < 1.29 is 28.0 Å². The smallest absolute Gasteiger partial charge is 0.459 e. The molecule has 1 unspecified atom stereocenters. The lowest BCUT2D eigenvalue weighted by molar-refractivity contribution is -0.159. The van der Waals surface area contributed by atoms with Crippen molar-refractivity contribution in [3.05, 3.63) is 23.8 Å². The monoisotopic (exact) mass is 341 g/mol. The Morgan fingerprint density at radius 1 is 1.35 bits per heavy atom. The summed E-state index contributed by atoms with van der Waals surface area (Å²) in [7, 11) is -5.65. The predicted octanol–water partition coefficient (Wildman–Crippen LogP) is -0.399. The van der Waals surface area contributed by atoms with Crippen LogP contribution in [0.2, 0.25) is 0 Å². The highest BCUT2D eigenvalue weighted by atomic mass is 32.2. The average Bonchev–Trinajstić information content (AvgIpc) is 2.67. The highest BCUT2D eigenvalue weighted by Crippen LogP contribution is 2.31. The molecule has 0 spiro atoms. The number of sulfonamides is 1. The molecule has 1 aromatic rings. The van der Waals surface area contributed by atoms with Gasteiger partial charge in [0.2, 0.25) is 10.0 Å². The molecule has 126 valence electrons. The lowest BCUT2D eigenvalue weighted by Gasteiger charge is -2.26. The van der Waals surface area contributed by atoms with Crippen LogP contribution in [0.15, 0.2) is 23.1 Å². The van der Waals surface area contributed by atoms with Crippen LogP contribution in [0.1, 0.15) is 33.3 Å². The predicted molar refractivity (Wildman–Crippen MR) is 84.3 cm³/mol. The fourth-order valence-corrected chi connectivity index (χ4v) is 4.14. The molecule has 23 heavy (non-hydrogen) atoms. The Morgan fingerprint density at radius 2 is 1.96 bits per heavy atom. The van der Waals surface area contributed by atoms with Crippen molar-refractivity contribution in [2.45, 2.75) is 50.8 Å². The highest BCUT2D eigenvalue weighted by Gasteiger charge is 2.41. The van der Waals surface area contributed by atoms with Gasteiger partial charge in [0.1, 0.15) is 11.6 Å². The molecule has 0 fully saturated rings. The van der Waals surface area contributed by atoms with Gasteiger partial charge in [-0.2, -0.15) is 4.31 Å². The summed E-state index contributed by atoms with van der Waals surface area (Å²) in [6, 6.07) is 3.20. The van der Waals surface area contributed by atoms with Crippen LogP contribution in [0.3, 0.4) is 0 Å². The molecule has 0 amide bonds. The summed E-state index contributed by atoms with van der Waals surface area (Å²) >= 11 is 0.